The highest BCUT2D eigenvalue weighted by Gasteiger charge is 2.18. The molecule has 0 spiro atoms. The van der Waals surface area contributed by atoms with E-state index in [2.05, 4.69) is 83.0 Å². The average Bonchev–Trinajstić information content (AvgIpc) is 2.75. The molecule has 27 heavy (non-hydrogen) atoms. The van der Waals surface area contributed by atoms with Crippen LogP contribution in [0, 0.1) is 0 Å². The summed E-state index contributed by atoms with van der Waals surface area (Å²) < 4.78 is 0. The first-order valence-electron chi connectivity index (χ1n) is 9.69. The minimum absolute atomic E-state index is 0.299. The van der Waals surface area contributed by atoms with Crippen molar-refractivity contribution >= 4 is 5.69 Å². The average molecular weight is 358 g/mol. The summed E-state index contributed by atoms with van der Waals surface area (Å²) in [6.45, 7) is 3.77. The first-order chi connectivity index (χ1) is 13.3. The molecule has 1 aliphatic rings. The molecule has 0 radical (unpaired) electrons. The number of hydrogen-bond donors (Lipinski definition) is 2. The van der Waals surface area contributed by atoms with Crippen LogP contribution in [-0.2, 0) is 6.42 Å². The zero-order chi connectivity index (χ0) is 18.5. The summed E-state index contributed by atoms with van der Waals surface area (Å²) in [6.07, 6.45) is 0.910. The van der Waals surface area contributed by atoms with E-state index in [9.17, 15) is 5.11 Å². The third-order valence-electron chi connectivity index (χ3n) is 5.34. The number of phenolic OH excluding ortho intramolecular Hbond substituents is 1. The maximum atomic E-state index is 10.4. The number of anilines is 1. The van der Waals surface area contributed by atoms with Gasteiger partial charge in [-0.3, -0.25) is 0 Å². The summed E-state index contributed by atoms with van der Waals surface area (Å²) in [4.78, 5) is 2.27. The maximum Gasteiger partial charge on any atom is 0.138 e. The van der Waals surface area contributed by atoms with Gasteiger partial charge in [0.2, 0.25) is 0 Å². The van der Waals surface area contributed by atoms with E-state index in [4.69, 9.17) is 0 Å². The van der Waals surface area contributed by atoms with E-state index in [1.54, 1.807) is 0 Å². The molecule has 4 rings (SSSR count). The number of rotatable bonds is 5. The summed E-state index contributed by atoms with van der Waals surface area (Å²) in [5.74, 6) is 0.671. The summed E-state index contributed by atoms with van der Waals surface area (Å²) >= 11 is 0. The molecule has 0 aromatic heterocycles. The van der Waals surface area contributed by atoms with Crippen LogP contribution in [0.25, 0.3) is 0 Å². The third-order valence-corrected chi connectivity index (χ3v) is 5.34. The first kappa shape index (κ1) is 17.6. The summed E-state index contributed by atoms with van der Waals surface area (Å²) in [7, 11) is 0. The van der Waals surface area contributed by atoms with Crippen LogP contribution in [0.4, 0.5) is 5.69 Å². The Labute approximate surface area is 161 Å². The molecule has 2 N–H and O–H groups in total. The largest absolute Gasteiger partial charge is 0.506 e. The minimum atomic E-state index is 0.299. The number of aromatic hydroxyl groups is 1. The lowest BCUT2D eigenvalue weighted by molar-refractivity contribution is 0.470. The lowest BCUT2D eigenvalue weighted by atomic mass is 9.86. The van der Waals surface area contributed by atoms with Crippen molar-refractivity contribution in [2.75, 3.05) is 31.1 Å². The molecule has 0 aliphatic carbocycles. The number of nitrogens with zero attached hydrogens (tertiary/aromatic N) is 1. The Kier molecular flexibility index (Phi) is 5.40. The van der Waals surface area contributed by atoms with Crippen LogP contribution >= 0.6 is 0 Å². The van der Waals surface area contributed by atoms with Crippen molar-refractivity contribution in [1.82, 2.24) is 5.32 Å². The van der Waals surface area contributed by atoms with Gasteiger partial charge in [-0.2, -0.15) is 0 Å². The normalized spacial score (nSPS) is 14.5. The van der Waals surface area contributed by atoms with Crippen LogP contribution in [0.2, 0.25) is 0 Å². The number of benzene rings is 3. The predicted octanol–water partition coefficient (Wildman–Crippen LogP) is 4.18. The lowest BCUT2D eigenvalue weighted by Gasteiger charge is -2.30. The zero-order valence-electron chi connectivity index (χ0n) is 15.5. The molecule has 3 heteroatoms. The van der Waals surface area contributed by atoms with Gasteiger partial charge in [0.1, 0.15) is 5.75 Å². The molecule has 138 valence electrons. The highest BCUT2D eigenvalue weighted by atomic mass is 16.3. The fourth-order valence-electron chi connectivity index (χ4n) is 3.89. The second-order valence-corrected chi connectivity index (χ2v) is 7.14. The summed E-state index contributed by atoms with van der Waals surface area (Å²) in [5, 5.41) is 13.8. The Bertz CT molecular complexity index is 819. The third kappa shape index (κ3) is 4.15. The van der Waals surface area contributed by atoms with Crippen molar-refractivity contribution in [1.29, 1.82) is 0 Å². The van der Waals surface area contributed by atoms with E-state index in [-0.39, 0.29) is 0 Å². The predicted molar refractivity (Wildman–Crippen MR) is 112 cm³/mol. The molecule has 3 aromatic carbocycles. The molecular weight excluding hydrogens is 332 g/mol. The molecule has 1 aliphatic heterocycles. The fourth-order valence-corrected chi connectivity index (χ4v) is 3.89. The quantitative estimate of drug-likeness (QED) is 0.718. The Balaban J connectivity index is 1.65. The van der Waals surface area contributed by atoms with Gasteiger partial charge in [0.15, 0.2) is 0 Å². The molecule has 0 amide bonds. The standard InChI is InChI=1S/C24H26N2O/c27-24-12-11-19(18-23(24)26-15-13-25-14-16-26)17-22(20-7-3-1-4-8-20)21-9-5-2-6-10-21/h1-12,18,22,25,27H,13-17H2. The Hall–Kier alpha value is -2.78. The highest BCUT2D eigenvalue weighted by Crippen LogP contribution is 2.33. The van der Waals surface area contributed by atoms with Crippen LogP contribution in [0.15, 0.2) is 78.9 Å². The highest BCUT2D eigenvalue weighted by molar-refractivity contribution is 5.60. The SMILES string of the molecule is Oc1ccc(CC(c2ccccc2)c2ccccc2)cc1N1CCNCC1. The van der Waals surface area contributed by atoms with Crippen LogP contribution in [0.3, 0.4) is 0 Å². The Morgan fingerprint density at radius 2 is 1.41 bits per heavy atom. The van der Waals surface area contributed by atoms with Gasteiger partial charge < -0.3 is 15.3 Å². The van der Waals surface area contributed by atoms with E-state index < -0.39 is 0 Å². The monoisotopic (exact) mass is 358 g/mol. The van der Waals surface area contributed by atoms with Gasteiger partial charge in [-0.25, -0.2) is 0 Å². The van der Waals surface area contributed by atoms with E-state index in [1.165, 1.54) is 16.7 Å². The molecule has 0 atom stereocenters. The van der Waals surface area contributed by atoms with Crippen molar-refractivity contribution in [3.63, 3.8) is 0 Å². The first-order valence-corrected chi connectivity index (χ1v) is 9.69. The minimum Gasteiger partial charge on any atom is -0.506 e. The van der Waals surface area contributed by atoms with Gasteiger partial charge >= 0.3 is 0 Å². The van der Waals surface area contributed by atoms with Crippen LogP contribution in [0.1, 0.15) is 22.6 Å². The van der Waals surface area contributed by atoms with Gasteiger partial charge in [0.05, 0.1) is 5.69 Å². The van der Waals surface area contributed by atoms with Crippen molar-refractivity contribution in [2.45, 2.75) is 12.3 Å². The van der Waals surface area contributed by atoms with E-state index >= 15 is 0 Å². The molecule has 1 saturated heterocycles. The second-order valence-electron chi connectivity index (χ2n) is 7.14. The number of nitrogens with one attached hydrogen (secondary N) is 1. The molecule has 1 fully saturated rings. The van der Waals surface area contributed by atoms with Gasteiger partial charge in [-0.15, -0.1) is 0 Å². The van der Waals surface area contributed by atoms with Crippen LogP contribution in [-0.4, -0.2) is 31.3 Å². The van der Waals surface area contributed by atoms with Gasteiger partial charge in [0, 0.05) is 32.1 Å². The smallest absolute Gasteiger partial charge is 0.138 e. The number of hydrogen-bond acceptors (Lipinski definition) is 3. The summed E-state index contributed by atoms with van der Waals surface area (Å²) in [5.41, 5.74) is 4.84. The number of piperazine rings is 1. The van der Waals surface area contributed by atoms with Gasteiger partial charge in [0.25, 0.3) is 0 Å². The molecule has 3 nitrogen and oxygen atoms in total. The Morgan fingerprint density at radius 1 is 0.815 bits per heavy atom. The van der Waals surface area contributed by atoms with Crippen molar-refractivity contribution < 1.29 is 5.11 Å². The topological polar surface area (TPSA) is 35.5 Å². The second kappa shape index (κ2) is 8.28. The zero-order valence-corrected chi connectivity index (χ0v) is 15.5. The van der Waals surface area contributed by atoms with Crippen molar-refractivity contribution in [2.24, 2.45) is 0 Å². The van der Waals surface area contributed by atoms with E-state index in [1.807, 2.05) is 6.07 Å². The Morgan fingerprint density at radius 3 is 2.00 bits per heavy atom. The molecular formula is C24H26N2O. The van der Waals surface area contributed by atoms with E-state index in [0.717, 1.165) is 38.3 Å². The molecule has 3 aromatic rings. The summed E-state index contributed by atoms with van der Waals surface area (Å²) in [6, 6.07) is 27.4. The van der Waals surface area contributed by atoms with Crippen LogP contribution in [0.5, 0.6) is 5.75 Å². The van der Waals surface area contributed by atoms with E-state index in [0.29, 0.717) is 11.7 Å². The van der Waals surface area contributed by atoms with Gasteiger partial charge in [-0.1, -0.05) is 66.7 Å². The molecule has 0 saturated carbocycles. The van der Waals surface area contributed by atoms with Gasteiger partial charge in [-0.05, 0) is 35.2 Å². The maximum absolute atomic E-state index is 10.4. The van der Waals surface area contributed by atoms with Crippen molar-refractivity contribution in [3.05, 3.63) is 95.6 Å². The number of phenols is 1. The van der Waals surface area contributed by atoms with Crippen LogP contribution < -0.4 is 10.2 Å². The lowest BCUT2D eigenvalue weighted by Crippen LogP contribution is -2.43. The molecule has 0 unspecified atom stereocenters. The molecule has 1 heterocycles. The fraction of sp³-hybridized carbons (Fsp3) is 0.250. The molecule has 0 bridgehead atoms. The van der Waals surface area contributed by atoms with Crippen molar-refractivity contribution in [3.8, 4) is 5.75 Å².